The first-order chi connectivity index (χ1) is 16.5. The summed E-state index contributed by atoms with van der Waals surface area (Å²) in [6.07, 6.45) is 0. The van der Waals surface area contributed by atoms with E-state index in [9.17, 15) is 9.59 Å². The molecule has 0 saturated carbocycles. The topological polar surface area (TPSA) is 76.0 Å². The van der Waals surface area contributed by atoms with Crippen LogP contribution in [-0.2, 0) is 21.3 Å². The Balaban J connectivity index is 2.01. The summed E-state index contributed by atoms with van der Waals surface area (Å²) in [4.78, 5) is 25.1. The van der Waals surface area contributed by atoms with Crippen molar-refractivity contribution >= 4 is 22.8 Å². The summed E-state index contributed by atoms with van der Waals surface area (Å²) in [5.41, 5.74) is 2.28. The van der Waals surface area contributed by atoms with Gasteiger partial charge in [-0.25, -0.2) is 9.59 Å². The lowest BCUT2D eigenvalue weighted by Gasteiger charge is -2.19. The molecule has 0 aliphatic rings. The number of aromatic nitrogens is 1. The molecule has 3 aromatic rings. The Morgan fingerprint density at radius 1 is 0.971 bits per heavy atom. The van der Waals surface area contributed by atoms with Crippen molar-refractivity contribution in [3.8, 4) is 22.6 Å². The van der Waals surface area contributed by atoms with Crippen molar-refractivity contribution in [3.05, 3.63) is 48.2 Å². The molecule has 0 bridgehead atoms. The monoisotopic (exact) mass is 481 g/mol. The van der Waals surface area contributed by atoms with Crippen molar-refractivity contribution in [2.45, 2.75) is 47.1 Å². The van der Waals surface area contributed by atoms with Gasteiger partial charge in [0.15, 0.2) is 6.61 Å². The molecule has 0 atom stereocenters. The third-order valence-corrected chi connectivity index (χ3v) is 5.14. The van der Waals surface area contributed by atoms with Crippen LogP contribution in [0.2, 0.25) is 0 Å². The van der Waals surface area contributed by atoms with Crippen LogP contribution >= 0.6 is 0 Å². The number of benzene rings is 2. The fourth-order valence-corrected chi connectivity index (χ4v) is 3.74. The number of esters is 2. The lowest BCUT2D eigenvalue weighted by molar-refractivity contribution is -0.157. The van der Waals surface area contributed by atoms with E-state index in [0.29, 0.717) is 24.0 Å². The molecule has 0 aliphatic carbocycles. The van der Waals surface area contributed by atoms with Gasteiger partial charge in [0.05, 0.1) is 13.2 Å². The Morgan fingerprint density at radius 3 is 2.23 bits per heavy atom. The quantitative estimate of drug-likeness (QED) is 0.361. The summed E-state index contributed by atoms with van der Waals surface area (Å²) < 4.78 is 24.1. The standard InChI is InChI=1S/C28H35NO6/c1-8-32-27(31)26-25(19-9-11-20(12-10-19)33-16-18(2)3)22-15-21(13-14-23(22)29(26)7)34-17-24(30)35-28(4,5)6/h9-15,18H,8,16-17H2,1-7H3. The molecule has 0 unspecified atom stereocenters. The maximum absolute atomic E-state index is 12.9. The number of nitrogens with zero attached hydrogens (tertiary/aromatic N) is 1. The minimum absolute atomic E-state index is 0.211. The molecule has 2 aromatic carbocycles. The number of ether oxygens (including phenoxy) is 4. The van der Waals surface area contributed by atoms with Crippen LogP contribution in [0.25, 0.3) is 22.0 Å². The van der Waals surface area contributed by atoms with Gasteiger partial charge < -0.3 is 23.5 Å². The number of rotatable bonds is 9. The second-order valence-electron chi connectivity index (χ2n) is 9.79. The van der Waals surface area contributed by atoms with Crippen LogP contribution < -0.4 is 9.47 Å². The Bertz CT molecular complexity index is 1180. The highest BCUT2D eigenvalue weighted by molar-refractivity contribution is 6.09. The number of carbonyl (C=O) groups is 2. The van der Waals surface area contributed by atoms with E-state index in [1.54, 1.807) is 13.0 Å². The minimum atomic E-state index is -0.587. The largest absolute Gasteiger partial charge is 0.493 e. The fraction of sp³-hybridized carbons (Fsp3) is 0.429. The number of carbonyl (C=O) groups excluding carboxylic acids is 2. The van der Waals surface area contributed by atoms with E-state index in [1.807, 2.05) is 68.8 Å². The van der Waals surface area contributed by atoms with Gasteiger partial charge in [-0.3, -0.25) is 0 Å². The van der Waals surface area contributed by atoms with Crippen molar-refractivity contribution in [1.82, 2.24) is 4.57 Å². The molecule has 188 valence electrons. The number of hydrogen-bond donors (Lipinski definition) is 0. The number of hydrogen-bond acceptors (Lipinski definition) is 6. The van der Waals surface area contributed by atoms with E-state index >= 15 is 0 Å². The van der Waals surface area contributed by atoms with Gasteiger partial charge in [-0.1, -0.05) is 26.0 Å². The average molecular weight is 482 g/mol. The SMILES string of the molecule is CCOC(=O)c1c(-c2ccc(OCC(C)C)cc2)c2cc(OCC(=O)OC(C)(C)C)ccc2n1C. The van der Waals surface area contributed by atoms with Gasteiger partial charge in [0.1, 0.15) is 22.8 Å². The third-order valence-electron chi connectivity index (χ3n) is 5.14. The van der Waals surface area contributed by atoms with Crippen LogP contribution in [0.4, 0.5) is 0 Å². The molecule has 7 heteroatoms. The molecule has 1 aromatic heterocycles. The van der Waals surface area contributed by atoms with Gasteiger partial charge in [-0.2, -0.15) is 0 Å². The van der Waals surface area contributed by atoms with Crippen molar-refractivity contribution in [2.24, 2.45) is 13.0 Å². The molecule has 1 heterocycles. The highest BCUT2D eigenvalue weighted by Crippen LogP contribution is 2.37. The van der Waals surface area contributed by atoms with E-state index in [-0.39, 0.29) is 13.2 Å². The zero-order chi connectivity index (χ0) is 25.8. The highest BCUT2D eigenvalue weighted by atomic mass is 16.6. The van der Waals surface area contributed by atoms with Crippen LogP contribution in [0.1, 0.15) is 52.0 Å². The lowest BCUT2D eigenvalue weighted by atomic mass is 10.0. The summed E-state index contributed by atoms with van der Waals surface area (Å²) in [5.74, 6) is 0.833. The molecule has 35 heavy (non-hydrogen) atoms. The van der Waals surface area contributed by atoms with Crippen LogP contribution in [0, 0.1) is 5.92 Å². The van der Waals surface area contributed by atoms with Gasteiger partial charge in [0.25, 0.3) is 0 Å². The minimum Gasteiger partial charge on any atom is -0.493 e. The number of fused-ring (bicyclic) bond motifs is 1. The molecule has 0 saturated heterocycles. The molecule has 0 amide bonds. The molecular weight excluding hydrogens is 446 g/mol. The van der Waals surface area contributed by atoms with Gasteiger partial charge in [0, 0.05) is 23.5 Å². The molecule has 0 N–H and O–H groups in total. The summed E-state index contributed by atoms with van der Waals surface area (Å²) in [6.45, 7) is 12.1. The van der Waals surface area contributed by atoms with Crippen LogP contribution in [0.3, 0.4) is 0 Å². The van der Waals surface area contributed by atoms with E-state index < -0.39 is 17.5 Å². The maximum Gasteiger partial charge on any atom is 0.355 e. The Hall–Kier alpha value is -3.48. The maximum atomic E-state index is 12.9. The van der Waals surface area contributed by atoms with Crippen molar-refractivity contribution in [1.29, 1.82) is 0 Å². The van der Waals surface area contributed by atoms with Crippen LogP contribution in [0.5, 0.6) is 11.5 Å². The van der Waals surface area contributed by atoms with E-state index in [2.05, 4.69) is 13.8 Å². The van der Waals surface area contributed by atoms with Crippen molar-refractivity contribution < 1.29 is 28.5 Å². The molecule has 0 radical (unpaired) electrons. The second kappa shape index (κ2) is 10.8. The van der Waals surface area contributed by atoms with Gasteiger partial charge in [0.2, 0.25) is 0 Å². The van der Waals surface area contributed by atoms with Gasteiger partial charge >= 0.3 is 11.9 Å². The predicted molar refractivity (Wildman–Crippen MR) is 136 cm³/mol. The molecule has 7 nitrogen and oxygen atoms in total. The first-order valence-corrected chi connectivity index (χ1v) is 11.9. The smallest absolute Gasteiger partial charge is 0.355 e. The van der Waals surface area contributed by atoms with E-state index in [0.717, 1.165) is 27.8 Å². The Labute approximate surface area is 206 Å². The lowest BCUT2D eigenvalue weighted by Crippen LogP contribution is -2.27. The zero-order valence-corrected chi connectivity index (χ0v) is 21.6. The Kier molecular flexibility index (Phi) is 8.10. The van der Waals surface area contributed by atoms with Gasteiger partial charge in [-0.15, -0.1) is 0 Å². The first kappa shape index (κ1) is 26.1. The summed E-state index contributed by atoms with van der Waals surface area (Å²) in [6, 6.07) is 13.1. The predicted octanol–water partition coefficient (Wildman–Crippen LogP) is 5.78. The van der Waals surface area contributed by atoms with Crippen molar-refractivity contribution in [3.63, 3.8) is 0 Å². The van der Waals surface area contributed by atoms with Crippen molar-refractivity contribution in [2.75, 3.05) is 19.8 Å². The summed E-state index contributed by atoms with van der Waals surface area (Å²) in [5, 5.41) is 0.813. The fourth-order valence-electron chi connectivity index (χ4n) is 3.74. The highest BCUT2D eigenvalue weighted by Gasteiger charge is 2.24. The normalized spacial score (nSPS) is 11.5. The molecule has 0 spiro atoms. The molecule has 0 fully saturated rings. The average Bonchev–Trinajstić information content (AvgIpc) is 3.07. The second-order valence-corrected chi connectivity index (χ2v) is 9.79. The third kappa shape index (κ3) is 6.56. The Morgan fingerprint density at radius 2 is 1.63 bits per heavy atom. The molecular formula is C28H35NO6. The number of aryl methyl sites for hydroxylation is 1. The van der Waals surface area contributed by atoms with Crippen LogP contribution in [0.15, 0.2) is 42.5 Å². The zero-order valence-electron chi connectivity index (χ0n) is 21.6. The van der Waals surface area contributed by atoms with Gasteiger partial charge in [-0.05, 0) is 69.5 Å². The molecule has 3 rings (SSSR count). The summed E-state index contributed by atoms with van der Waals surface area (Å²) >= 11 is 0. The molecule has 0 aliphatic heterocycles. The van der Waals surface area contributed by atoms with E-state index in [1.165, 1.54) is 0 Å². The first-order valence-electron chi connectivity index (χ1n) is 11.9. The summed E-state index contributed by atoms with van der Waals surface area (Å²) in [7, 11) is 1.83. The van der Waals surface area contributed by atoms with Crippen LogP contribution in [-0.4, -0.2) is 41.9 Å². The van der Waals surface area contributed by atoms with E-state index in [4.69, 9.17) is 18.9 Å².